The van der Waals surface area contributed by atoms with Gasteiger partial charge in [-0.15, -0.1) is 6.58 Å². The van der Waals surface area contributed by atoms with Crippen molar-refractivity contribution in [3.8, 4) is 0 Å². The lowest BCUT2D eigenvalue weighted by atomic mass is 10.3. The van der Waals surface area contributed by atoms with Crippen LogP contribution in [-0.2, 0) is 9.59 Å². The normalized spacial score (nSPS) is 8.08. The molecule has 0 heterocycles. The quantitative estimate of drug-likeness (QED) is 0.646. The summed E-state index contributed by atoms with van der Waals surface area (Å²) in [5, 5.41) is 15.8. The molecule has 0 aliphatic heterocycles. The number of carboxylic acid groups (broad SMARTS) is 2. The number of carboxylic acids is 2. The Morgan fingerprint density at radius 2 is 1.62 bits per heavy atom. The Labute approximate surface area is 77.9 Å². The van der Waals surface area contributed by atoms with Crippen LogP contribution in [0.2, 0.25) is 0 Å². The summed E-state index contributed by atoms with van der Waals surface area (Å²) in [5.41, 5.74) is 0. The second-order valence-corrected chi connectivity index (χ2v) is 2.36. The molecule has 0 aromatic heterocycles. The van der Waals surface area contributed by atoms with E-state index in [0.717, 1.165) is 6.42 Å². The van der Waals surface area contributed by atoms with E-state index < -0.39 is 11.9 Å². The van der Waals surface area contributed by atoms with Crippen LogP contribution in [0.1, 0.15) is 32.6 Å². The predicted molar refractivity (Wildman–Crippen MR) is 49.6 cm³/mol. The van der Waals surface area contributed by atoms with Crippen molar-refractivity contribution in [2.24, 2.45) is 0 Å². The number of aliphatic carboxylic acids is 2. The van der Waals surface area contributed by atoms with Gasteiger partial charge in [0.05, 0.1) is 12.8 Å². The van der Waals surface area contributed by atoms with Gasteiger partial charge < -0.3 is 10.2 Å². The van der Waals surface area contributed by atoms with Crippen LogP contribution in [0.4, 0.5) is 0 Å². The molecular weight excluding hydrogens is 172 g/mol. The summed E-state index contributed by atoms with van der Waals surface area (Å²) in [6, 6.07) is 0. The average Bonchev–Trinajstić information content (AvgIpc) is 2.03. The van der Waals surface area contributed by atoms with Gasteiger partial charge in [0.2, 0.25) is 0 Å². The molecule has 4 nitrogen and oxygen atoms in total. The first-order valence-corrected chi connectivity index (χ1v) is 4.09. The molecule has 0 atom stereocenters. The molecule has 0 aromatic carbocycles. The molecular formula is C9H16O4. The van der Waals surface area contributed by atoms with E-state index in [9.17, 15) is 9.59 Å². The summed E-state index contributed by atoms with van der Waals surface area (Å²) in [5.74, 6) is -2.15. The maximum atomic E-state index is 9.64. The molecule has 0 unspecified atom stereocenters. The topological polar surface area (TPSA) is 74.6 Å². The maximum Gasteiger partial charge on any atom is 0.303 e. The lowest BCUT2D eigenvalue weighted by Crippen LogP contribution is -2.00. The second kappa shape index (κ2) is 10.7. The van der Waals surface area contributed by atoms with Crippen molar-refractivity contribution in [3.05, 3.63) is 12.7 Å². The van der Waals surface area contributed by atoms with Gasteiger partial charge in [-0.25, -0.2) is 0 Å². The summed E-state index contributed by atoms with van der Waals surface area (Å²) in [6.07, 6.45) is 3.72. The minimum Gasteiger partial charge on any atom is -0.481 e. The predicted octanol–water partition coefficient (Wildman–Crippen LogP) is 1.91. The van der Waals surface area contributed by atoms with Gasteiger partial charge in [0.15, 0.2) is 0 Å². The highest BCUT2D eigenvalue weighted by atomic mass is 16.4. The number of unbranched alkanes of at least 4 members (excludes halogenated alkanes) is 1. The smallest absolute Gasteiger partial charge is 0.303 e. The Kier molecular flexibility index (Phi) is 11.7. The molecule has 0 fully saturated rings. The molecule has 0 amide bonds. The maximum absolute atomic E-state index is 9.64. The fourth-order valence-electron chi connectivity index (χ4n) is 0.418. The molecule has 13 heavy (non-hydrogen) atoms. The number of rotatable bonds is 5. The third-order valence-electron chi connectivity index (χ3n) is 1.05. The van der Waals surface area contributed by atoms with Crippen LogP contribution in [0.5, 0.6) is 0 Å². The van der Waals surface area contributed by atoms with E-state index in [4.69, 9.17) is 10.2 Å². The van der Waals surface area contributed by atoms with Crippen molar-refractivity contribution in [2.45, 2.75) is 32.6 Å². The Hall–Kier alpha value is -1.32. The fraction of sp³-hybridized carbons (Fsp3) is 0.556. The van der Waals surface area contributed by atoms with E-state index in [1.807, 2.05) is 6.08 Å². The highest BCUT2D eigenvalue weighted by Crippen LogP contribution is 1.86. The number of carbonyl (C=O) groups is 2. The van der Waals surface area contributed by atoms with Crippen LogP contribution in [0, 0.1) is 0 Å². The zero-order chi connectivity index (χ0) is 10.7. The van der Waals surface area contributed by atoms with Gasteiger partial charge in [-0.1, -0.05) is 19.4 Å². The van der Waals surface area contributed by atoms with Gasteiger partial charge in [0, 0.05) is 0 Å². The van der Waals surface area contributed by atoms with Crippen molar-refractivity contribution in [1.29, 1.82) is 0 Å². The van der Waals surface area contributed by atoms with Crippen LogP contribution in [0.3, 0.4) is 0 Å². The zero-order valence-corrected chi connectivity index (χ0v) is 7.82. The highest BCUT2D eigenvalue weighted by Gasteiger charge is 2.00. The first-order chi connectivity index (χ1) is 6.04. The average molecular weight is 188 g/mol. The van der Waals surface area contributed by atoms with E-state index in [0.29, 0.717) is 0 Å². The summed E-state index contributed by atoms with van der Waals surface area (Å²) in [4.78, 5) is 19.3. The lowest BCUT2D eigenvalue weighted by Gasteiger charge is -1.85. The molecule has 0 saturated carbocycles. The Balaban J connectivity index is 0. The van der Waals surface area contributed by atoms with Crippen molar-refractivity contribution in [2.75, 3.05) is 0 Å². The third-order valence-corrected chi connectivity index (χ3v) is 1.05. The summed E-state index contributed by atoms with van der Waals surface area (Å²) in [7, 11) is 0. The summed E-state index contributed by atoms with van der Waals surface area (Å²) < 4.78 is 0. The summed E-state index contributed by atoms with van der Waals surface area (Å²) in [6.45, 7) is 5.69. The molecule has 0 bridgehead atoms. The van der Waals surface area contributed by atoms with E-state index in [-0.39, 0.29) is 12.8 Å². The lowest BCUT2D eigenvalue weighted by molar-refractivity contribution is -0.143. The molecule has 0 saturated heterocycles. The standard InChI is InChI=1S/C5H10.C4H6O4/c1-3-5-4-2;5-3(6)1-2-4(7)8/h3H,1,4-5H2,2H3;1-2H2,(H,5,6)(H,7,8). The number of hydrogen-bond donors (Lipinski definition) is 2. The monoisotopic (exact) mass is 188 g/mol. The van der Waals surface area contributed by atoms with E-state index in [2.05, 4.69) is 13.5 Å². The molecule has 0 aliphatic rings. The van der Waals surface area contributed by atoms with Gasteiger partial charge in [-0.2, -0.15) is 0 Å². The molecule has 4 heteroatoms. The highest BCUT2D eigenvalue weighted by molar-refractivity contribution is 5.75. The largest absolute Gasteiger partial charge is 0.481 e. The number of allylic oxidation sites excluding steroid dienone is 1. The second-order valence-electron chi connectivity index (χ2n) is 2.36. The van der Waals surface area contributed by atoms with Gasteiger partial charge >= 0.3 is 11.9 Å². The Morgan fingerprint density at radius 1 is 1.23 bits per heavy atom. The molecule has 0 radical (unpaired) electrons. The van der Waals surface area contributed by atoms with E-state index in [1.54, 1.807) is 0 Å². The van der Waals surface area contributed by atoms with Crippen LogP contribution >= 0.6 is 0 Å². The van der Waals surface area contributed by atoms with Crippen LogP contribution in [-0.4, -0.2) is 22.2 Å². The van der Waals surface area contributed by atoms with Gasteiger partial charge in [-0.05, 0) is 6.42 Å². The SMILES string of the molecule is C=CCCC.O=C(O)CCC(=O)O. The fourth-order valence-corrected chi connectivity index (χ4v) is 0.418. The Bertz CT molecular complexity index is 149. The molecule has 76 valence electrons. The molecule has 0 spiro atoms. The van der Waals surface area contributed by atoms with Crippen molar-refractivity contribution < 1.29 is 19.8 Å². The van der Waals surface area contributed by atoms with Gasteiger partial charge in [0.25, 0.3) is 0 Å². The molecule has 2 N–H and O–H groups in total. The van der Waals surface area contributed by atoms with Gasteiger partial charge in [0.1, 0.15) is 0 Å². The van der Waals surface area contributed by atoms with Crippen molar-refractivity contribution >= 4 is 11.9 Å². The Morgan fingerprint density at radius 3 is 1.69 bits per heavy atom. The van der Waals surface area contributed by atoms with Gasteiger partial charge in [-0.3, -0.25) is 9.59 Å². The van der Waals surface area contributed by atoms with Crippen LogP contribution in [0.15, 0.2) is 12.7 Å². The van der Waals surface area contributed by atoms with Crippen LogP contribution in [0.25, 0.3) is 0 Å². The molecule has 0 aliphatic carbocycles. The molecule has 0 aromatic rings. The third kappa shape index (κ3) is 24.9. The minimum absolute atomic E-state index is 0.296. The first-order valence-electron chi connectivity index (χ1n) is 4.09. The number of hydrogen-bond acceptors (Lipinski definition) is 2. The van der Waals surface area contributed by atoms with Crippen molar-refractivity contribution in [3.63, 3.8) is 0 Å². The van der Waals surface area contributed by atoms with E-state index in [1.165, 1.54) is 6.42 Å². The van der Waals surface area contributed by atoms with Crippen LogP contribution < -0.4 is 0 Å². The van der Waals surface area contributed by atoms with E-state index >= 15 is 0 Å². The van der Waals surface area contributed by atoms with Crippen molar-refractivity contribution in [1.82, 2.24) is 0 Å². The minimum atomic E-state index is -1.08. The first kappa shape index (κ1) is 14.2. The zero-order valence-electron chi connectivity index (χ0n) is 7.82. The molecule has 0 rings (SSSR count). The summed E-state index contributed by atoms with van der Waals surface area (Å²) >= 11 is 0.